The molecule has 0 aliphatic heterocycles. The molecule has 0 spiro atoms. The summed E-state index contributed by atoms with van der Waals surface area (Å²) >= 11 is 6.07. The fourth-order valence-electron chi connectivity index (χ4n) is 1.92. The maximum atomic E-state index is 11.8. The molecule has 5 nitrogen and oxygen atoms in total. The molecule has 1 amide bonds. The molecule has 0 aliphatic carbocycles. The number of nitrogens with one attached hydrogen (secondary N) is 1. The minimum Gasteiger partial charge on any atom is -0.396 e. The minimum atomic E-state index is -0.0276. The van der Waals surface area contributed by atoms with Crippen LogP contribution in [0.1, 0.15) is 36.9 Å². The molecule has 1 aromatic rings. The lowest BCUT2D eigenvalue weighted by Gasteiger charge is -2.05. The van der Waals surface area contributed by atoms with Gasteiger partial charge in [-0.25, -0.2) is 0 Å². The van der Waals surface area contributed by atoms with E-state index in [1.165, 1.54) is 0 Å². The number of aliphatic hydroxyl groups is 1. The molecule has 0 fully saturated rings. The highest BCUT2D eigenvalue weighted by Gasteiger charge is 2.14. The maximum absolute atomic E-state index is 11.8. The van der Waals surface area contributed by atoms with Gasteiger partial charge in [-0.1, -0.05) is 24.4 Å². The van der Waals surface area contributed by atoms with Crippen LogP contribution in [-0.4, -0.2) is 33.9 Å². The van der Waals surface area contributed by atoms with Crippen molar-refractivity contribution in [3.8, 4) is 0 Å². The SMILES string of the molecule is Cc1nn(C)c(Cl)c1CC(=O)NCCCCCCO. The van der Waals surface area contributed by atoms with Crippen molar-refractivity contribution in [3.05, 3.63) is 16.4 Å². The summed E-state index contributed by atoms with van der Waals surface area (Å²) < 4.78 is 1.58. The van der Waals surface area contributed by atoms with Crippen molar-refractivity contribution in [1.82, 2.24) is 15.1 Å². The molecule has 0 radical (unpaired) electrons. The van der Waals surface area contributed by atoms with E-state index in [9.17, 15) is 4.79 Å². The van der Waals surface area contributed by atoms with Crippen molar-refractivity contribution in [3.63, 3.8) is 0 Å². The highest BCUT2D eigenvalue weighted by Crippen LogP contribution is 2.18. The molecule has 1 heterocycles. The van der Waals surface area contributed by atoms with Crippen LogP contribution in [0.4, 0.5) is 0 Å². The second-order valence-corrected chi connectivity index (χ2v) is 5.00. The van der Waals surface area contributed by atoms with Gasteiger partial charge in [-0.15, -0.1) is 0 Å². The number of hydrogen-bond acceptors (Lipinski definition) is 3. The normalized spacial score (nSPS) is 10.7. The molecular weight excluding hydrogens is 266 g/mol. The first-order valence-corrected chi connectivity index (χ1v) is 6.99. The first-order chi connectivity index (χ1) is 9.06. The van der Waals surface area contributed by atoms with Gasteiger partial charge in [0.25, 0.3) is 0 Å². The van der Waals surface area contributed by atoms with Gasteiger partial charge in [0.1, 0.15) is 5.15 Å². The van der Waals surface area contributed by atoms with Crippen molar-refractivity contribution < 1.29 is 9.90 Å². The summed E-state index contributed by atoms with van der Waals surface area (Å²) in [5.41, 5.74) is 1.59. The van der Waals surface area contributed by atoms with Gasteiger partial charge in [0.2, 0.25) is 5.91 Å². The van der Waals surface area contributed by atoms with Crippen LogP contribution >= 0.6 is 11.6 Å². The Bertz CT molecular complexity index is 418. The number of carbonyl (C=O) groups is 1. The summed E-state index contributed by atoms with van der Waals surface area (Å²) in [6, 6.07) is 0. The van der Waals surface area contributed by atoms with Gasteiger partial charge in [-0.3, -0.25) is 9.48 Å². The zero-order valence-corrected chi connectivity index (χ0v) is 12.3. The molecule has 0 saturated heterocycles. The second-order valence-electron chi connectivity index (χ2n) is 4.64. The largest absolute Gasteiger partial charge is 0.396 e. The van der Waals surface area contributed by atoms with Gasteiger partial charge in [-0.05, 0) is 19.8 Å². The lowest BCUT2D eigenvalue weighted by atomic mass is 10.1. The maximum Gasteiger partial charge on any atom is 0.224 e. The lowest BCUT2D eigenvalue weighted by Crippen LogP contribution is -2.26. The zero-order chi connectivity index (χ0) is 14.3. The minimum absolute atomic E-state index is 0.0276. The van der Waals surface area contributed by atoms with Crippen molar-refractivity contribution in [2.45, 2.75) is 39.0 Å². The van der Waals surface area contributed by atoms with Crippen molar-refractivity contribution in [2.24, 2.45) is 7.05 Å². The van der Waals surface area contributed by atoms with Crippen LogP contribution < -0.4 is 5.32 Å². The Labute approximate surface area is 118 Å². The molecule has 6 heteroatoms. The lowest BCUT2D eigenvalue weighted by molar-refractivity contribution is -0.120. The third-order valence-electron chi connectivity index (χ3n) is 3.01. The molecule has 0 bridgehead atoms. The predicted molar refractivity (Wildman–Crippen MR) is 75.2 cm³/mol. The van der Waals surface area contributed by atoms with Crippen LogP contribution in [0.25, 0.3) is 0 Å². The fraction of sp³-hybridized carbons (Fsp3) is 0.692. The Balaban J connectivity index is 2.28. The van der Waals surface area contributed by atoms with E-state index in [0.717, 1.165) is 36.9 Å². The number of rotatable bonds is 8. The van der Waals surface area contributed by atoms with Crippen LogP contribution in [0.15, 0.2) is 0 Å². The summed E-state index contributed by atoms with van der Waals surface area (Å²) in [6.07, 6.45) is 4.06. The van der Waals surface area contributed by atoms with Gasteiger partial charge in [0, 0.05) is 25.8 Å². The molecule has 0 aliphatic rings. The third kappa shape index (κ3) is 5.20. The average molecular weight is 288 g/mol. The van der Waals surface area contributed by atoms with E-state index in [2.05, 4.69) is 10.4 Å². The van der Waals surface area contributed by atoms with Gasteiger partial charge < -0.3 is 10.4 Å². The summed E-state index contributed by atoms with van der Waals surface area (Å²) in [7, 11) is 1.76. The highest BCUT2D eigenvalue weighted by atomic mass is 35.5. The van der Waals surface area contributed by atoms with E-state index in [-0.39, 0.29) is 18.9 Å². The smallest absolute Gasteiger partial charge is 0.224 e. The predicted octanol–water partition coefficient (Wildman–Crippen LogP) is 1.59. The number of amides is 1. The number of hydrogen-bond donors (Lipinski definition) is 2. The highest BCUT2D eigenvalue weighted by molar-refractivity contribution is 6.30. The number of halogens is 1. The van der Waals surface area contributed by atoms with Gasteiger partial charge in [0.05, 0.1) is 12.1 Å². The monoisotopic (exact) mass is 287 g/mol. The topological polar surface area (TPSA) is 67.2 Å². The molecule has 108 valence electrons. The average Bonchev–Trinajstić information content (AvgIpc) is 2.60. The number of aryl methyl sites for hydroxylation is 2. The van der Waals surface area contributed by atoms with E-state index in [4.69, 9.17) is 16.7 Å². The van der Waals surface area contributed by atoms with Crippen molar-refractivity contribution in [1.29, 1.82) is 0 Å². The van der Waals surface area contributed by atoms with Crippen LogP contribution in [-0.2, 0) is 18.3 Å². The zero-order valence-electron chi connectivity index (χ0n) is 11.6. The van der Waals surface area contributed by atoms with Crippen molar-refractivity contribution >= 4 is 17.5 Å². The van der Waals surface area contributed by atoms with Crippen LogP contribution in [0.3, 0.4) is 0 Å². The standard InChI is InChI=1S/C13H22ClN3O2/c1-10-11(13(14)17(2)16-10)9-12(19)15-7-5-3-4-6-8-18/h18H,3-9H2,1-2H3,(H,15,19). The van der Waals surface area contributed by atoms with Gasteiger partial charge >= 0.3 is 0 Å². The molecule has 2 N–H and O–H groups in total. The third-order valence-corrected chi connectivity index (χ3v) is 3.49. The number of unbranched alkanes of at least 4 members (excludes halogenated alkanes) is 3. The van der Waals surface area contributed by atoms with Crippen LogP contribution in [0.2, 0.25) is 5.15 Å². The van der Waals surface area contributed by atoms with Crippen LogP contribution in [0, 0.1) is 6.92 Å². The first kappa shape index (κ1) is 16.0. The fourth-order valence-corrected chi connectivity index (χ4v) is 2.16. The summed E-state index contributed by atoms with van der Waals surface area (Å²) in [6.45, 7) is 2.76. The second kappa shape index (κ2) is 8.17. The Hall–Kier alpha value is -1.07. The van der Waals surface area contributed by atoms with Gasteiger partial charge in [-0.2, -0.15) is 5.10 Å². The molecule has 0 unspecified atom stereocenters. The Morgan fingerprint density at radius 3 is 2.63 bits per heavy atom. The summed E-state index contributed by atoms with van der Waals surface area (Å²) in [5, 5.41) is 16.2. The molecule has 1 rings (SSSR count). The Morgan fingerprint density at radius 2 is 2.05 bits per heavy atom. The number of aromatic nitrogens is 2. The number of aliphatic hydroxyl groups excluding tert-OH is 1. The van der Waals surface area contributed by atoms with E-state index in [1.54, 1.807) is 11.7 Å². The molecule has 0 saturated carbocycles. The Morgan fingerprint density at radius 1 is 1.37 bits per heavy atom. The van der Waals surface area contributed by atoms with Gasteiger partial charge in [0.15, 0.2) is 0 Å². The van der Waals surface area contributed by atoms with E-state index in [0.29, 0.717) is 11.7 Å². The molecule has 19 heavy (non-hydrogen) atoms. The Kier molecular flexibility index (Phi) is 6.87. The summed E-state index contributed by atoms with van der Waals surface area (Å²) in [5.74, 6) is -0.0276. The van der Waals surface area contributed by atoms with Crippen molar-refractivity contribution in [2.75, 3.05) is 13.2 Å². The number of carbonyl (C=O) groups excluding carboxylic acids is 1. The molecule has 0 aromatic carbocycles. The number of nitrogens with zero attached hydrogens (tertiary/aromatic N) is 2. The van der Waals surface area contributed by atoms with E-state index >= 15 is 0 Å². The quantitative estimate of drug-likeness (QED) is 0.714. The molecule has 1 aromatic heterocycles. The van der Waals surface area contributed by atoms with E-state index in [1.807, 2.05) is 6.92 Å². The summed E-state index contributed by atoms with van der Waals surface area (Å²) in [4.78, 5) is 11.8. The molecular formula is C13H22ClN3O2. The van der Waals surface area contributed by atoms with Crippen LogP contribution in [0.5, 0.6) is 0 Å². The van der Waals surface area contributed by atoms with E-state index < -0.39 is 0 Å². The first-order valence-electron chi connectivity index (χ1n) is 6.61. The molecule has 0 atom stereocenters.